The zero-order chi connectivity index (χ0) is 28.5. The molecule has 0 saturated carbocycles. The van der Waals surface area contributed by atoms with Crippen molar-refractivity contribution in [1.82, 2.24) is 9.66 Å². The first-order valence-corrected chi connectivity index (χ1v) is 13.1. The number of ether oxygens (including phenoxy) is 1. The molecule has 10 heteroatoms. The van der Waals surface area contributed by atoms with Crippen molar-refractivity contribution in [3.05, 3.63) is 128 Å². The van der Waals surface area contributed by atoms with Crippen LogP contribution in [0.15, 0.2) is 105 Å². The number of nitrogens with zero attached hydrogens (tertiary/aromatic N) is 3. The molecule has 0 aliphatic carbocycles. The lowest BCUT2D eigenvalue weighted by Crippen LogP contribution is -2.20. The molecule has 0 spiro atoms. The number of aromatic carboxylic acids is 1. The van der Waals surface area contributed by atoms with Gasteiger partial charge >= 0.3 is 5.97 Å². The lowest BCUT2D eigenvalue weighted by Gasteiger charge is -2.11. The van der Waals surface area contributed by atoms with Crippen LogP contribution in [0.2, 0.25) is 10.0 Å². The van der Waals surface area contributed by atoms with Crippen LogP contribution in [-0.2, 0) is 6.61 Å². The van der Waals surface area contributed by atoms with E-state index in [1.54, 1.807) is 48.5 Å². The SMILES string of the molecule is O=C(O)c1cccc(COc2c(Cl)cc(C=Nn3c(-c4cc5ccccc5o4)nc4ccccc4c3=O)cc2Cl)c1. The standard InChI is InChI=1S/C31H19Cl2N3O5/c32-23-13-19(14-24(33)28(23)40-17-18-6-5-8-21(12-18)31(38)39)16-34-36-29(27-15-20-7-1-4-11-26(20)41-27)35-25-10-3-2-9-22(25)30(36)37/h1-16H,17H2,(H,38,39). The van der Waals surface area contributed by atoms with Crippen molar-refractivity contribution < 1.29 is 19.1 Å². The summed E-state index contributed by atoms with van der Waals surface area (Å²) >= 11 is 13.0. The summed E-state index contributed by atoms with van der Waals surface area (Å²) in [4.78, 5) is 29.4. The number of halogens is 2. The average molecular weight is 584 g/mol. The third-order valence-corrected chi connectivity index (χ3v) is 6.86. The Bertz CT molecular complexity index is 1990. The van der Waals surface area contributed by atoms with Crippen molar-refractivity contribution in [1.29, 1.82) is 0 Å². The van der Waals surface area contributed by atoms with Crippen molar-refractivity contribution in [3.8, 4) is 17.3 Å². The van der Waals surface area contributed by atoms with Crippen LogP contribution >= 0.6 is 23.2 Å². The number of hydrogen-bond acceptors (Lipinski definition) is 6. The molecule has 2 aromatic heterocycles. The van der Waals surface area contributed by atoms with Gasteiger partial charge in [0.25, 0.3) is 5.56 Å². The lowest BCUT2D eigenvalue weighted by molar-refractivity contribution is 0.0696. The third-order valence-electron chi connectivity index (χ3n) is 6.30. The number of carboxylic acids is 1. The molecule has 41 heavy (non-hydrogen) atoms. The Labute approximate surface area is 242 Å². The van der Waals surface area contributed by atoms with E-state index >= 15 is 0 Å². The average Bonchev–Trinajstić information content (AvgIpc) is 3.41. The summed E-state index contributed by atoms with van der Waals surface area (Å²) in [5.41, 5.74) is 2.10. The topological polar surface area (TPSA) is 107 Å². The monoisotopic (exact) mass is 583 g/mol. The van der Waals surface area contributed by atoms with E-state index in [0.717, 1.165) is 5.39 Å². The van der Waals surface area contributed by atoms with Gasteiger partial charge in [0.05, 0.1) is 32.7 Å². The van der Waals surface area contributed by atoms with Crippen molar-refractivity contribution in [2.24, 2.45) is 5.10 Å². The lowest BCUT2D eigenvalue weighted by atomic mass is 10.1. The molecule has 0 fully saturated rings. The maximum absolute atomic E-state index is 13.5. The molecule has 0 atom stereocenters. The van der Waals surface area contributed by atoms with Gasteiger partial charge in [0, 0.05) is 5.39 Å². The van der Waals surface area contributed by atoms with Crippen molar-refractivity contribution >= 4 is 57.3 Å². The van der Waals surface area contributed by atoms with Crippen LogP contribution in [-0.4, -0.2) is 27.0 Å². The number of rotatable bonds is 7. The molecule has 0 aliphatic heterocycles. The van der Waals surface area contributed by atoms with Gasteiger partial charge < -0.3 is 14.3 Å². The van der Waals surface area contributed by atoms with E-state index in [1.807, 2.05) is 30.3 Å². The Morgan fingerprint density at radius 3 is 2.51 bits per heavy atom. The molecule has 6 aromatic rings. The normalized spacial score (nSPS) is 11.5. The highest BCUT2D eigenvalue weighted by Crippen LogP contribution is 2.34. The first-order valence-electron chi connectivity index (χ1n) is 12.4. The minimum atomic E-state index is -1.03. The van der Waals surface area contributed by atoms with Crippen LogP contribution in [0.4, 0.5) is 0 Å². The van der Waals surface area contributed by atoms with Crippen molar-refractivity contribution in [2.45, 2.75) is 6.61 Å². The molecule has 202 valence electrons. The van der Waals surface area contributed by atoms with E-state index < -0.39 is 5.97 Å². The number of hydrogen-bond donors (Lipinski definition) is 1. The molecular weight excluding hydrogens is 565 g/mol. The highest BCUT2D eigenvalue weighted by atomic mass is 35.5. The van der Waals surface area contributed by atoms with Crippen LogP contribution in [0.1, 0.15) is 21.5 Å². The van der Waals surface area contributed by atoms with Crippen LogP contribution in [0.25, 0.3) is 33.5 Å². The van der Waals surface area contributed by atoms with Gasteiger partial charge in [0.15, 0.2) is 11.5 Å². The third kappa shape index (κ3) is 5.30. The quantitative estimate of drug-likeness (QED) is 0.198. The van der Waals surface area contributed by atoms with Gasteiger partial charge in [-0.1, -0.05) is 65.7 Å². The Hall–Kier alpha value is -4.92. The second-order valence-corrected chi connectivity index (χ2v) is 9.88. The van der Waals surface area contributed by atoms with Crippen molar-refractivity contribution in [2.75, 3.05) is 0 Å². The van der Waals surface area contributed by atoms with Gasteiger partial charge in [-0.3, -0.25) is 4.79 Å². The number of fused-ring (bicyclic) bond motifs is 2. The molecule has 6 rings (SSSR count). The van der Waals surface area contributed by atoms with Gasteiger partial charge in [-0.25, -0.2) is 9.78 Å². The molecule has 1 N–H and O–H groups in total. The maximum Gasteiger partial charge on any atom is 0.335 e. The number of furan rings is 1. The largest absolute Gasteiger partial charge is 0.486 e. The predicted molar refractivity (Wildman–Crippen MR) is 158 cm³/mol. The molecule has 2 heterocycles. The first kappa shape index (κ1) is 26.3. The summed E-state index contributed by atoms with van der Waals surface area (Å²) < 4.78 is 13.0. The van der Waals surface area contributed by atoms with E-state index in [1.165, 1.54) is 23.0 Å². The van der Waals surface area contributed by atoms with Gasteiger partial charge in [0.2, 0.25) is 5.82 Å². The molecule has 8 nitrogen and oxygen atoms in total. The highest BCUT2D eigenvalue weighted by molar-refractivity contribution is 6.37. The molecule has 0 radical (unpaired) electrons. The number of aromatic nitrogens is 2. The van der Waals surface area contributed by atoms with Crippen molar-refractivity contribution in [3.63, 3.8) is 0 Å². The summed E-state index contributed by atoms with van der Waals surface area (Å²) in [6, 6.07) is 25.9. The minimum absolute atomic E-state index is 0.0625. The molecule has 0 bridgehead atoms. The number of para-hydroxylation sites is 2. The Morgan fingerprint density at radius 1 is 0.976 bits per heavy atom. The molecule has 4 aromatic carbocycles. The second kappa shape index (κ2) is 10.9. The van der Waals surface area contributed by atoms with Crippen LogP contribution in [0, 0.1) is 0 Å². The summed E-state index contributed by atoms with van der Waals surface area (Å²) in [6.45, 7) is 0.0625. The maximum atomic E-state index is 13.5. The Balaban J connectivity index is 1.34. The van der Waals surface area contributed by atoms with E-state index in [-0.39, 0.29) is 39.3 Å². The highest BCUT2D eigenvalue weighted by Gasteiger charge is 2.17. The summed E-state index contributed by atoms with van der Waals surface area (Å²) in [6.07, 6.45) is 1.45. The summed E-state index contributed by atoms with van der Waals surface area (Å²) in [5, 5.41) is 15.4. The fourth-order valence-corrected chi connectivity index (χ4v) is 4.96. The second-order valence-electron chi connectivity index (χ2n) is 9.07. The van der Waals surface area contributed by atoms with Gasteiger partial charge in [-0.15, -0.1) is 0 Å². The Morgan fingerprint density at radius 2 is 1.73 bits per heavy atom. The minimum Gasteiger partial charge on any atom is -0.486 e. The molecule has 0 saturated heterocycles. The van der Waals surface area contributed by atoms with E-state index in [9.17, 15) is 14.7 Å². The van der Waals surface area contributed by atoms with Gasteiger partial charge in [0.1, 0.15) is 12.2 Å². The van der Waals surface area contributed by atoms with Crippen LogP contribution < -0.4 is 10.3 Å². The zero-order valence-corrected chi connectivity index (χ0v) is 22.6. The fraction of sp³-hybridized carbons (Fsp3) is 0.0323. The zero-order valence-electron chi connectivity index (χ0n) is 21.1. The van der Waals surface area contributed by atoms with E-state index in [2.05, 4.69) is 10.1 Å². The van der Waals surface area contributed by atoms with Gasteiger partial charge in [-0.2, -0.15) is 9.78 Å². The molecule has 0 amide bonds. The van der Waals surface area contributed by atoms with Crippen LogP contribution in [0.5, 0.6) is 5.75 Å². The van der Waals surface area contributed by atoms with Gasteiger partial charge in [-0.05, 0) is 59.7 Å². The van der Waals surface area contributed by atoms with Crippen LogP contribution in [0.3, 0.4) is 0 Å². The fourth-order valence-electron chi connectivity index (χ4n) is 4.35. The first-order chi connectivity index (χ1) is 19.9. The number of carbonyl (C=O) groups is 1. The van der Waals surface area contributed by atoms with E-state index in [4.69, 9.17) is 32.4 Å². The Kier molecular flexibility index (Phi) is 7.01. The molecule has 0 aliphatic rings. The predicted octanol–water partition coefficient (Wildman–Crippen LogP) is 7.28. The number of benzene rings is 4. The van der Waals surface area contributed by atoms with E-state index in [0.29, 0.717) is 33.4 Å². The summed E-state index contributed by atoms with van der Waals surface area (Å²) in [5.74, 6) is -0.172. The molecule has 0 unspecified atom stereocenters. The number of carboxylic acid groups (broad SMARTS) is 1. The summed E-state index contributed by atoms with van der Waals surface area (Å²) in [7, 11) is 0. The smallest absolute Gasteiger partial charge is 0.335 e. The molecular formula is C31H19Cl2N3O5.